The van der Waals surface area contributed by atoms with Crippen molar-refractivity contribution in [3.63, 3.8) is 0 Å². The van der Waals surface area contributed by atoms with E-state index in [0.717, 1.165) is 24.3 Å². The van der Waals surface area contributed by atoms with Gasteiger partial charge < -0.3 is 10.0 Å². The van der Waals surface area contributed by atoms with Gasteiger partial charge in [-0.25, -0.2) is 13.9 Å². The fraction of sp³-hybridized carbons (Fsp3) is 0.333. The van der Waals surface area contributed by atoms with Crippen molar-refractivity contribution in [1.82, 2.24) is 19.5 Å². The monoisotopic (exact) mass is 450 g/mol. The number of likely N-dealkylation sites (tertiary alicyclic amines) is 1. The van der Waals surface area contributed by atoms with E-state index in [2.05, 4.69) is 10.1 Å². The van der Waals surface area contributed by atoms with Crippen LogP contribution in [-0.2, 0) is 11.0 Å². The molecule has 1 aliphatic rings. The Bertz CT molecular complexity index is 1170. The fourth-order valence-corrected chi connectivity index (χ4v) is 3.74. The summed E-state index contributed by atoms with van der Waals surface area (Å²) >= 11 is 0. The third kappa shape index (κ3) is 4.27. The normalized spacial score (nSPS) is 17.4. The van der Waals surface area contributed by atoms with Gasteiger partial charge in [0.15, 0.2) is 17.0 Å². The zero-order valence-electron chi connectivity index (χ0n) is 16.6. The Morgan fingerprint density at radius 3 is 2.47 bits per heavy atom. The van der Waals surface area contributed by atoms with E-state index in [1.807, 2.05) is 0 Å². The van der Waals surface area contributed by atoms with Gasteiger partial charge in [-0.2, -0.15) is 18.3 Å². The highest BCUT2D eigenvalue weighted by atomic mass is 19.4. The summed E-state index contributed by atoms with van der Waals surface area (Å²) in [7, 11) is 0. The first-order valence-electron chi connectivity index (χ1n) is 9.89. The number of carboxylic acid groups (broad SMARTS) is 1. The molecule has 0 bridgehead atoms. The van der Waals surface area contributed by atoms with Crippen molar-refractivity contribution < 1.29 is 32.3 Å². The van der Waals surface area contributed by atoms with Crippen molar-refractivity contribution in [1.29, 1.82) is 0 Å². The summed E-state index contributed by atoms with van der Waals surface area (Å²) in [6.45, 7) is 0.249. The number of fused-ring (bicyclic) bond motifs is 1. The highest BCUT2D eigenvalue weighted by Crippen LogP contribution is 2.32. The molecule has 3 aromatic rings. The number of hydrogen-bond acceptors (Lipinski definition) is 4. The molecule has 11 heteroatoms. The molecule has 1 fully saturated rings. The van der Waals surface area contributed by atoms with E-state index in [0.29, 0.717) is 23.8 Å². The Hall–Kier alpha value is -3.50. The Morgan fingerprint density at radius 2 is 1.81 bits per heavy atom. The maximum absolute atomic E-state index is 13.7. The molecular formula is C21H18F4N4O3. The van der Waals surface area contributed by atoms with Crippen LogP contribution < -0.4 is 0 Å². The average molecular weight is 450 g/mol. The number of rotatable bonds is 3. The Kier molecular flexibility index (Phi) is 5.57. The van der Waals surface area contributed by atoms with E-state index < -0.39 is 35.5 Å². The van der Waals surface area contributed by atoms with E-state index in [1.165, 1.54) is 17.0 Å². The molecule has 0 spiro atoms. The van der Waals surface area contributed by atoms with Gasteiger partial charge in [0.05, 0.1) is 11.6 Å². The van der Waals surface area contributed by atoms with Gasteiger partial charge in [-0.15, -0.1) is 0 Å². The number of amides is 1. The number of aliphatic carboxylic acids is 1. The minimum absolute atomic E-state index is 0.0393. The predicted molar refractivity (Wildman–Crippen MR) is 104 cm³/mol. The average Bonchev–Trinajstić information content (AvgIpc) is 3.00. The van der Waals surface area contributed by atoms with Crippen LogP contribution in [0.1, 0.15) is 35.4 Å². The van der Waals surface area contributed by atoms with Gasteiger partial charge in [0, 0.05) is 24.7 Å². The number of aromatic nitrogens is 3. The van der Waals surface area contributed by atoms with Gasteiger partial charge in [0.2, 0.25) is 0 Å². The van der Waals surface area contributed by atoms with Crippen molar-refractivity contribution >= 4 is 17.5 Å². The lowest BCUT2D eigenvalue weighted by Crippen LogP contribution is -2.37. The number of carboxylic acids is 1. The molecule has 1 aliphatic heterocycles. The lowest BCUT2D eigenvalue weighted by Gasteiger charge is -2.21. The van der Waals surface area contributed by atoms with Crippen LogP contribution >= 0.6 is 0 Å². The minimum atomic E-state index is -4.79. The summed E-state index contributed by atoms with van der Waals surface area (Å²) in [4.78, 5) is 29.8. The number of carbonyl (C=O) groups is 2. The molecule has 3 heterocycles. The van der Waals surface area contributed by atoms with Crippen LogP contribution in [0.15, 0.2) is 36.4 Å². The molecule has 0 aliphatic carbocycles. The molecule has 4 rings (SSSR count). The van der Waals surface area contributed by atoms with Gasteiger partial charge in [0.25, 0.3) is 5.91 Å². The van der Waals surface area contributed by atoms with Crippen molar-refractivity contribution in [3.8, 4) is 11.3 Å². The summed E-state index contributed by atoms with van der Waals surface area (Å²) in [5.74, 6) is -2.96. The van der Waals surface area contributed by atoms with E-state index in [4.69, 9.17) is 0 Å². The molecule has 1 amide bonds. The fourth-order valence-electron chi connectivity index (χ4n) is 3.74. The third-order valence-corrected chi connectivity index (χ3v) is 5.38. The zero-order chi connectivity index (χ0) is 23.0. The lowest BCUT2D eigenvalue weighted by atomic mass is 10.0. The van der Waals surface area contributed by atoms with Crippen molar-refractivity contribution in [3.05, 3.63) is 53.6 Å². The minimum Gasteiger partial charge on any atom is -0.481 e. The molecular weight excluding hydrogens is 432 g/mol. The highest BCUT2D eigenvalue weighted by molar-refractivity contribution is 5.93. The zero-order valence-corrected chi connectivity index (χ0v) is 16.6. The molecule has 0 saturated carbocycles. The molecule has 1 N–H and O–H groups in total. The summed E-state index contributed by atoms with van der Waals surface area (Å²) in [5, 5.41) is 13.2. The highest BCUT2D eigenvalue weighted by Gasteiger charge is 2.36. The maximum atomic E-state index is 13.7. The molecule has 1 unspecified atom stereocenters. The van der Waals surface area contributed by atoms with Crippen molar-refractivity contribution in [2.24, 2.45) is 5.92 Å². The van der Waals surface area contributed by atoms with E-state index in [1.54, 1.807) is 0 Å². The van der Waals surface area contributed by atoms with Crippen molar-refractivity contribution in [2.45, 2.75) is 25.4 Å². The Labute approximate surface area is 179 Å². The standard InChI is InChI=1S/C21H18F4N4O3/c22-14-6-4-12(5-7-14)15-9-17(21(23,24)25)29-18(26-15)10-16(27-29)19(30)28-8-2-1-3-13(11-28)20(31)32/h4-7,9-10,13H,1-3,8,11H2,(H,31,32). The molecule has 168 valence electrons. The quantitative estimate of drug-likeness (QED) is 0.612. The SMILES string of the molecule is O=C(O)C1CCCCN(C(=O)c2cc3nc(-c4ccc(F)cc4)cc(C(F)(F)F)n3n2)C1. The molecule has 1 saturated heterocycles. The van der Waals surface area contributed by atoms with Crippen LogP contribution in [0, 0.1) is 11.7 Å². The number of alkyl halides is 3. The molecule has 32 heavy (non-hydrogen) atoms. The van der Waals surface area contributed by atoms with Gasteiger partial charge >= 0.3 is 12.1 Å². The van der Waals surface area contributed by atoms with Gasteiger partial charge in [-0.1, -0.05) is 6.42 Å². The first-order valence-corrected chi connectivity index (χ1v) is 9.89. The van der Waals surface area contributed by atoms with Gasteiger partial charge in [-0.3, -0.25) is 9.59 Å². The van der Waals surface area contributed by atoms with Crippen LogP contribution in [0.3, 0.4) is 0 Å². The second-order valence-electron chi connectivity index (χ2n) is 7.61. The smallest absolute Gasteiger partial charge is 0.433 e. The molecule has 7 nitrogen and oxygen atoms in total. The van der Waals surface area contributed by atoms with Crippen LogP contribution in [-0.4, -0.2) is 49.6 Å². The largest absolute Gasteiger partial charge is 0.481 e. The number of hydrogen-bond donors (Lipinski definition) is 1. The summed E-state index contributed by atoms with van der Waals surface area (Å²) in [6, 6.07) is 6.76. The molecule has 1 aromatic carbocycles. The van der Waals surface area contributed by atoms with Crippen LogP contribution in [0.4, 0.5) is 17.6 Å². The lowest BCUT2D eigenvalue weighted by molar-refractivity contribution is -0.143. The van der Waals surface area contributed by atoms with Crippen LogP contribution in [0.2, 0.25) is 0 Å². The molecule has 0 radical (unpaired) electrons. The van der Waals surface area contributed by atoms with E-state index in [-0.39, 0.29) is 35.7 Å². The summed E-state index contributed by atoms with van der Waals surface area (Å²) in [5.41, 5.74) is -1.38. The number of nitrogens with zero attached hydrogens (tertiary/aromatic N) is 4. The van der Waals surface area contributed by atoms with Gasteiger partial charge in [-0.05, 0) is 43.2 Å². The molecule has 1 atom stereocenters. The maximum Gasteiger partial charge on any atom is 0.433 e. The number of benzene rings is 1. The first kappa shape index (κ1) is 21.7. The summed E-state index contributed by atoms with van der Waals surface area (Å²) < 4.78 is 54.9. The summed E-state index contributed by atoms with van der Waals surface area (Å²) in [6.07, 6.45) is -3.15. The van der Waals surface area contributed by atoms with Crippen LogP contribution in [0.5, 0.6) is 0 Å². The van der Waals surface area contributed by atoms with E-state index >= 15 is 0 Å². The first-order chi connectivity index (χ1) is 15.1. The molecule has 2 aromatic heterocycles. The second-order valence-corrected chi connectivity index (χ2v) is 7.61. The van der Waals surface area contributed by atoms with Crippen molar-refractivity contribution in [2.75, 3.05) is 13.1 Å². The number of halogens is 4. The second kappa shape index (κ2) is 8.21. The third-order valence-electron chi connectivity index (χ3n) is 5.38. The Morgan fingerprint density at radius 1 is 1.09 bits per heavy atom. The van der Waals surface area contributed by atoms with E-state index in [9.17, 15) is 32.3 Å². The number of carbonyl (C=O) groups excluding carboxylic acids is 1. The predicted octanol–water partition coefficient (Wildman–Crippen LogP) is 3.88. The Balaban J connectivity index is 1.76. The topological polar surface area (TPSA) is 87.8 Å². The van der Waals surface area contributed by atoms with Gasteiger partial charge in [0.1, 0.15) is 5.82 Å². The van der Waals surface area contributed by atoms with Crippen LogP contribution in [0.25, 0.3) is 16.9 Å².